The van der Waals surface area contributed by atoms with Crippen molar-refractivity contribution in [3.63, 3.8) is 0 Å². The lowest BCUT2D eigenvalue weighted by molar-refractivity contribution is -0.136. The standard InChI is InChI=1S/C19H28O5/c1-4-5-6-7-8-9-12-24-18(19(20)21)14-15-10-11-16(22-2)17(13-15)23-3/h10-11,13-14H,4-9,12H2,1-3H3,(H,20,21). The Labute approximate surface area is 144 Å². The first-order valence-corrected chi connectivity index (χ1v) is 8.42. The molecule has 0 unspecified atom stereocenters. The second-order valence-electron chi connectivity index (χ2n) is 5.54. The van der Waals surface area contributed by atoms with Gasteiger partial charge in [0.1, 0.15) is 0 Å². The fraction of sp³-hybridized carbons (Fsp3) is 0.526. The topological polar surface area (TPSA) is 65.0 Å². The summed E-state index contributed by atoms with van der Waals surface area (Å²) in [4.78, 5) is 11.3. The SMILES string of the molecule is CCCCCCCCOC(=Cc1ccc(OC)c(OC)c1)C(=O)O. The molecular formula is C19H28O5. The number of ether oxygens (including phenoxy) is 3. The molecule has 5 heteroatoms. The van der Waals surface area contributed by atoms with Crippen LogP contribution < -0.4 is 9.47 Å². The van der Waals surface area contributed by atoms with E-state index >= 15 is 0 Å². The number of carboxylic acid groups (broad SMARTS) is 1. The zero-order valence-electron chi connectivity index (χ0n) is 14.8. The number of hydrogen-bond acceptors (Lipinski definition) is 4. The van der Waals surface area contributed by atoms with Crippen molar-refractivity contribution in [3.8, 4) is 11.5 Å². The highest BCUT2D eigenvalue weighted by Crippen LogP contribution is 2.28. The Kier molecular flexibility index (Phi) is 9.42. The van der Waals surface area contributed by atoms with Crippen LogP contribution in [0.4, 0.5) is 0 Å². The number of hydrogen-bond donors (Lipinski definition) is 1. The first-order chi connectivity index (χ1) is 11.6. The Morgan fingerprint density at radius 1 is 1.04 bits per heavy atom. The number of benzene rings is 1. The van der Waals surface area contributed by atoms with Crippen molar-refractivity contribution in [2.24, 2.45) is 0 Å². The van der Waals surface area contributed by atoms with Gasteiger partial charge < -0.3 is 19.3 Å². The number of methoxy groups -OCH3 is 2. The van der Waals surface area contributed by atoms with Crippen LogP contribution in [0.5, 0.6) is 11.5 Å². The molecule has 1 rings (SSSR count). The van der Waals surface area contributed by atoms with E-state index in [0.717, 1.165) is 12.8 Å². The Morgan fingerprint density at radius 3 is 2.33 bits per heavy atom. The zero-order valence-corrected chi connectivity index (χ0v) is 14.8. The Hall–Kier alpha value is -2.17. The van der Waals surface area contributed by atoms with Gasteiger partial charge in [-0.15, -0.1) is 0 Å². The Morgan fingerprint density at radius 2 is 1.71 bits per heavy atom. The maximum Gasteiger partial charge on any atom is 0.371 e. The summed E-state index contributed by atoms with van der Waals surface area (Å²) in [7, 11) is 3.10. The van der Waals surface area contributed by atoms with Crippen molar-refractivity contribution in [2.75, 3.05) is 20.8 Å². The lowest BCUT2D eigenvalue weighted by atomic mass is 10.1. The lowest BCUT2D eigenvalue weighted by Crippen LogP contribution is -2.06. The molecule has 0 aromatic heterocycles. The molecule has 134 valence electrons. The molecule has 0 aliphatic rings. The van der Waals surface area contributed by atoms with Gasteiger partial charge in [-0.2, -0.15) is 0 Å². The molecule has 0 aliphatic heterocycles. The van der Waals surface area contributed by atoms with Crippen molar-refractivity contribution in [2.45, 2.75) is 45.4 Å². The van der Waals surface area contributed by atoms with Gasteiger partial charge in [0.05, 0.1) is 20.8 Å². The fourth-order valence-electron chi connectivity index (χ4n) is 2.32. The van der Waals surface area contributed by atoms with Gasteiger partial charge in [-0.25, -0.2) is 4.79 Å². The van der Waals surface area contributed by atoms with E-state index in [4.69, 9.17) is 14.2 Å². The average molecular weight is 336 g/mol. The third-order valence-electron chi connectivity index (χ3n) is 3.67. The molecule has 1 aromatic carbocycles. The van der Waals surface area contributed by atoms with E-state index in [1.807, 2.05) is 0 Å². The van der Waals surface area contributed by atoms with Gasteiger partial charge in [0.2, 0.25) is 5.76 Å². The second-order valence-corrected chi connectivity index (χ2v) is 5.54. The summed E-state index contributed by atoms with van der Waals surface area (Å²) in [6.45, 7) is 2.60. The van der Waals surface area contributed by atoms with Gasteiger partial charge in [-0.05, 0) is 30.2 Å². The Bertz CT molecular complexity index is 537. The molecule has 0 radical (unpaired) electrons. The van der Waals surface area contributed by atoms with Crippen molar-refractivity contribution in [3.05, 3.63) is 29.5 Å². The molecule has 5 nitrogen and oxygen atoms in total. The largest absolute Gasteiger partial charge is 0.493 e. The van der Waals surface area contributed by atoms with Crippen LogP contribution in [0.25, 0.3) is 6.08 Å². The minimum Gasteiger partial charge on any atom is -0.493 e. The van der Waals surface area contributed by atoms with E-state index in [0.29, 0.717) is 23.7 Å². The fourth-order valence-corrected chi connectivity index (χ4v) is 2.32. The molecule has 0 bridgehead atoms. The average Bonchev–Trinajstić information content (AvgIpc) is 2.59. The molecule has 0 atom stereocenters. The summed E-state index contributed by atoms with van der Waals surface area (Å²) >= 11 is 0. The summed E-state index contributed by atoms with van der Waals surface area (Å²) in [5.41, 5.74) is 0.688. The van der Waals surface area contributed by atoms with E-state index in [1.54, 1.807) is 32.4 Å². The van der Waals surface area contributed by atoms with E-state index < -0.39 is 5.97 Å². The van der Waals surface area contributed by atoms with Gasteiger partial charge in [0.25, 0.3) is 0 Å². The highest BCUT2D eigenvalue weighted by atomic mass is 16.5. The molecule has 0 heterocycles. The van der Waals surface area contributed by atoms with Crippen LogP contribution in [0.15, 0.2) is 24.0 Å². The molecule has 0 saturated heterocycles. The van der Waals surface area contributed by atoms with Crippen LogP contribution in [0.3, 0.4) is 0 Å². The monoisotopic (exact) mass is 336 g/mol. The van der Waals surface area contributed by atoms with Crippen molar-refractivity contribution in [1.29, 1.82) is 0 Å². The first kappa shape index (κ1) is 19.9. The minimum absolute atomic E-state index is 0.0595. The molecule has 0 amide bonds. The van der Waals surface area contributed by atoms with Gasteiger partial charge in [-0.3, -0.25) is 0 Å². The van der Waals surface area contributed by atoms with E-state index in [2.05, 4.69) is 6.92 Å². The third kappa shape index (κ3) is 6.94. The molecule has 0 aliphatic carbocycles. The summed E-state index contributed by atoms with van der Waals surface area (Å²) in [5.74, 6) is 0.0120. The molecule has 1 N–H and O–H groups in total. The minimum atomic E-state index is -1.07. The van der Waals surface area contributed by atoms with Gasteiger partial charge >= 0.3 is 5.97 Å². The van der Waals surface area contributed by atoms with Crippen molar-refractivity contribution < 1.29 is 24.1 Å². The van der Waals surface area contributed by atoms with Crippen LogP contribution >= 0.6 is 0 Å². The summed E-state index contributed by atoms with van der Waals surface area (Å²) in [6, 6.07) is 5.21. The van der Waals surface area contributed by atoms with Crippen molar-refractivity contribution in [1.82, 2.24) is 0 Å². The van der Waals surface area contributed by atoms with Crippen LogP contribution in [-0.4, -0.2) is 31.9 Å². The van der Waals surface area contributed by atoms with Crippen LogP contribution in [0.2, 0.25) is 0 Å². The normalized spacial score (nSPS) is 11.2. The zero-order chi connectivity index (χ0) is 17.8. The van der Waals surface area contributed by atoms with E-state index in [-0.39, 0.29) is 5.76 Å². The summed E-state index contributed by atoms with van der Waals surface area (Å²) < 4.78 is 15.8. The number of rotatable bonds is 12. The van der Waals surface area contributed by atoms with Crippen molar-refractivity contribution >= 4 is 12.0 Å². The number of aliphatic carboxylic acids is 1. The molecule has 0 spiro atoms. The Balaban J connectivity index is 2.61. The number of carboxylic acids is 1. The molecule has 0 saturated carbocycles. The number of carbonyl (C=O) groups is 1. The maximum absolute atomic E-state index is 11.3. The molecule has 24 heavy (non-hydrogen) atoms. The second kappa shape index (κ2) is 11.4. The van der Waals surface area contributed by atoms with Crippen LogP contribution in [0.1, 0.15) is 51.0 Å². The third-order valence-corrected chi connectivity index (χ3v) is 3.67. The predicted molar refractivity (Wildman–Crippen MR) is 94.5 cm³/mol. The lowest BCUT2D eigenvalue weighted by Gasteiger charge is -2.09. The van der Waals surface area contributed by atoms with Gasteiger partial charge in [0, 0.05) is 0 Å². The quantitative estimate of drug-likeness (QED) is 0.346. The first-order valence-electron chi connectivity index (χ1n) is 8.42. The predicted octanol–water partition coefficient (Wildman–Crippen LogP) is 4.51. The molecule has 0 fully saturated rings. The van der Waals surface area contributed by atoms with E-state index in [1.165, 1.54) is 31.8 Å². The highest BCUT2D eigenvalue weighted by molar-refractivity contribution is 5.90. The van der Waals surface area contributed by atoms with Gasteiger partial charge in [0.15, 0.2) is 11.5 Å². The van der Waals surface area contributed by atoms with Gasteiger partial charge in [-0.1, -0.05) is 45.1 Å². The molecular weight excluding hydrogens is 308 g/mol. The summed E-state index contributed by atoms with van der Waals surface area (Å²) in [6.07, 6.45) is 8.28. The molecule has 1 aromatic rings. The summed E-state index contributed by atoms with van der Waals surface area (Å²) in [5, 5.41) is 9.29. The highest BCUT2D eigenvalue weighted by Gasteiger charge is 2.10. The van der Waals surface area contributed by atoms with Crippen LogP contribution in [-0.2, 0) is 9.53 Å². The van der Waals surface area contributed by atoms with Crippen LogP contribution in [0, 0.1) is 0 Å². The number of unbranched alkanes of at least 4 members (excludes halogenated alkanes) is 5. The maximum atomic E-state index is 11.3. The van der Waals surface area contributed by atoms with E-state index in [9.17, 15) is 9.90 Å². The smallest absolute Gasteiger partial charge is 0.371 e.